The van der Waals surface area contributed by atoms with E-state index in [4.69, 9.17) is 9.84 Å². The number of hydrogen-bond donors (Lipinski definition) is 1. The van der Waals surface area contributed by atoms with E-state index in [1.54, 1.807) is 11.3 Å². The van der Waals surface area contributed by atoms with Gasteiger partial charge in [-0.15, -0.1) is 11.3 Å². The van der Waals surface area contributed by atoms with Crippen molar-refractivity contribution in [2.75, 3.05) is 7.11 Å². The van der Waals surface area contributed by atoms with Crippen molar-refractivity contribution in [2.45, 2.75) is 26.4 Å². The van der Waals surface area contributed by atoms with Gasteiger partial charge in [0.25, 0.3) is 0 Å². The van der Waals surface area contributed by atoms with Crippen molar-refractivity contribution in [3.8, 4) is 0 Å². The van der Waals surface area contributed by atoms with Crippen LogP contribution in [0.25, 0.3) is 6.08 Å². The summed E-state index contributed by atoms with van der Waals surface area (Å²) in [4.78, 5) is 14.9. The quantitative estimate of drug-likeness (QED) is 0.859. The molecule has 0 aliphatic rings. The van der Waals surface area contributed by atoms with Crippen LogP contribution in [-0.4, -0.2) is 29.3 Å². The number of hydrogen-bond acceptors (Lipinski definition) is 4. The summed E-state index contributed by atoms with van der Waals surface area (Å²) in [6.07, 6.45) is 1.45. The molecular weight excluding hydrogens is 226 g/mol. The minimum atomic E-state index is -0.867. The molecular formula is C11H15NO3S. The predicted octanol–water partition coefficient (Wildman–Crippen LogP) is 2.34. The topological polar surface area (TPSA) is 59.4 Å². The van der Waals surface area contributed by atoms with Crippen LogP contribution in [0, 0.1) is 6.92 Å². The van der Waals surface area contributed by atoms with Gasteiger partial charge >= 0.3 is 5.97 Å². The highest BCUT2D eigenvalue weighted by Gasteiger charge is 2.14. The van der Waals surface area contributed by atoms with Crippen LogP contribution in [0.3, 0.4) is 0 Å². The second kappa shape index (κ2) is 5.77. The van der Waals surface area contributed by atoms with Gasteiger partial charge in [-0.3, -0.25) is 4.79 Å². The average molecular weight is 241 g/mol. The molecule has 88 valence electrons. The van der Waals surface area contributed by atoms with Crippen molar-refractivity contribution in [3.05, 3.63) is 21.7 Å². The number of aryl methyl sites for hydroxylation is 1. The molecule has 0 radical (unpaired) electrons. The van der Waals surface area contributed by atoms with Crippen LogP contribution >= 0.6 is 11.3 Å². The molecule has 1 unspecified atom stereocenters. The first-order chi connectivity index (χ1) is 7.52. The molecule has 0 aliphatic carbocycles. The van der Waals surface area contributed by atoms with E-state index >= 15 is 0 Å². The van der Waals surface area contributed by atoms with Crippen molar-refractivity contribution in [1.82, 2.24) is 4.98 Å². The number of ether oxygens (including phenoxy) is 1. The molecule has 0 fully saturated rings. The third-order valence-corrected chi connectivity index (χ3v) is 2.96. The number of rotatable bonds is 5. The van der Waals surface area contributed by atoms with Gasteiger partial charge in [0.15, 0.2) is 0 Å². The number of carbonyl (C=O) groups is 1. The smallest absolute Gasteiger partial charge is 0.306 e. The molecule has 0 bridgehead atoms. The molecule has 1 aromatic rings. The summed E-state index contributed by atoms with van der Waals surface area (Å²) in [6.45, 7) is 3.79. The van der Waals surface area contributed by atoms with E-state index in [0.29, 0.717) is 0 Å². The summed E-state index contributed by atoms with van der Waals surface area (Å²) in [5, 5.41) is 11.6. The highest BCUT2D eigenvalue weighted by molar-refractivity contribution is 7.09. The van der Waals surface area contributed by atoms with Gasteiger partial charge in [-0.25, -0.2) is 4.98 Å². The Morgan fingerprint density at radius 3 is 2.88 bits per heavy atom. The molecule has 4 nitrogen and oxygen atoms in total. The van der Waals surface area contributed by atoms with Gasteiger partial charge in [0.1, 0.15) is 0 Å². The van der Waals surface area contributed by atoms with Gasteiger partial charge in [0.2, 0.25) is 0 Å². The highest BCUT2D eigenvalue weighted by atomic mass is 32.1. The lowest BCUT2D eigenvalue weighted by Crippen LogP contribution is -2.17. The molecule has 0 aliphatic heterocycles. The van der Waals surface area contributed by atoms with Gasteiger partial charge in [-0.1, -0.05) is 0 Å². The molecule has 1 aromatic heterocycles. The maximum atomic E-state index is 10.6. The summed E-state index contributed by atoms with van der Waals surface area (Å²) < 4.78 is 5.13. The molecule has 0 saturated heterocycles. The second-order valence-electron chi connectivity index (χ2n) is 3.50. The second-order valence-corrected chi connectivity index (χ2v) is 4.56. The number of methoxy groups -OCH3 is 1. The Bertz CT molecular complexity index is 398. The molecule has 1 atom stereocenters. The van der Waals surface area contributed by atoms with Crippen LogP contribution in [-0.2, 0) is 9.53 Å². The number of carboxylic acid groups (broad SMARTS) is 1. The molecule has 16 heavy (non-hydrogen) atoms. The molecule has 0 saturated carbocycles. The Hall–Kier alpha value is -1.20. The Labute approximate surface area is 98.6 Å². The number of thiazole rings is 1. The summed E-state index contributed by atoms with van der Waals surface area (Å²) in [7, 11) is 1.51. The zero-order valence-corrected chi connectivity index (χ0v) is 10.4. The van der Waals surface area contributed by atoms with Gasteiger partial charge < -0.3 is 9.84 Å². The average Bonchev–Trinajstić information content (AvgIpc) is 2.60. The van der Waals surface area contributed by atoms with E-state index in [1.807, 2.05) is 25.3 Å². The van der Waals surface area contributed by atoms with Gasteiger partial charge in [0, 0.05) is 12.5 Å². The molecule has 1 N–H and O–H groups in total. The maximum Gasteiger partial charge on any atom is 0.306 e. The lowest BCUT2D eigenvalue weighted by molar-refractivity contribution is -0.139. The summed E-state index contributed by atoms with van der Waals surface area (Å²) in [5.74, 6) is -0.867. The molecule has 1 heterocycles. The fourth-order valence-corrected chi connectivity index (χ4v) is 1.93. The van der Waals surface area contributed by atoms with Crippen molar-refractivity contribution >= 4 is 23.4 Å². The number of aromatic nitrogens is 1. The molecule has 0 aromatic carbocycles. The van der Waals surface area contributed by atoms with E-state index in [9.17, 15) is 4.79 Å². The number of carboxylic acids is 1. The zero-order chi connectivity index (χ0) is 12.1. The minimum Gasteiger partial charge on any atom is -0.481 e. The Balaban J connectivity index is 2.77. The van der Waals surface area contributed by atoms with Gasteiger partial charge in [-0.05, 0) is 25.5 Å². The van der Waals surface area contributed by atoms with Gasteiger partial charge in [-0.2, -0.15) is 0 Å². The van der Waals surface area contributed by atoms with E-state index in [0.717, 1.165) is 16.3 Å². The van der Waals surface area contributed by atoms with Crippen molar-refractivity contribution in [3.63, 3.8) is 0 Å². The van der Waals surface area contributed by atoms with Crippen LogP contribution in [0.15, 0.2) is 11.0 Å². The zero-order valence-electron chi connectivity index (χ0n) is 9.56. The lowest BCUT2D eigenvalue weighted by Gasteiger charge is -2.13. The molecule has 0 amide bonds. The molecule has 5 heteroatoms. The Morgan fingerprint density at radius 1 is 1.75 bits per heavy atom. The highest BCUT2D eigenvalue weighted by Crippen LogP contribution is 2.16. The van der Waals surface area contributed by atoms with Crippen molar-refractivity contribution in [1.29, 1.82) is 0 Å². The Kier molecular flexibility index (Phi) is 4.64. The standard InChI is InChI=1S/C11H15NO3S/c1-7(10(15-3)5-11(13)14)4-9-6-16-8(2)12-9/h4,6,10H,5H2,1-3H3,(H,13,14)/b7-4+. The third-order valence-electron chi connectivity index (χ3n) is 2.16. The SMILES string of the molecule is COC(CC(=O)O)/C(C)=C/c1csc(C)n1. The molecule has 0 spiro atoms. The summed E-state index contributed by atoms with van der Waals surface area (Å²) in [6, 6.07) is 0. The lowest BCUT2D eigenvalue weighted by atomic mass is 10.1. The van der Waals surface area contributed by atoms with E-state index in [1.165, 1.54) is 7.11 Å². The minimum absolute atomic E-state index is 0.0258. The largest absolute Gasteiger partial charge is 0.481 e. The van der Waals surface area contributed by atoms with Gasteiger partial charge in [0.05, 0.1) is 23.2 Å². The van der Waals surface area contributed by atoms with E-state index < -0.39 is 5.97 Å². The summed E-state index contributed by atoms with van der Waals surface area (Å²) >= 11 is 1.57. The fraction of sp³-hybridized carbons (Fsp3) is 0.455. The molecule has 1 rings (SSSR count). The van der Waals surface area contributed by atoms with E-state index in [2.05, 4.69) is 4.98 Å². The predicted molar refractivity (Wildman–Crippen MR) is 63.6 cm³/mol. The number of nitrogens with zero attached hydrogens (tertiary/aromatic N) is 1. The first kappa shape index (κ1) is 12.9. The van der Waals surface area contributed by atoms with Crippen LogP contribution in [0.5, 0.6) is 0 Å². The summed E-state index contributed by atoms with van der Waals surface area (Å²) in [5.41, 5.74) is 1.72. The van der Waals surface area contributed by atoms with Crippen LogP contribution in [0.2, 0.25) is 0 Å². The van der Waals surface area contributed by atoms with Crippen LogP contribution in [0.1, 0.15) is 24.0 Å². The van der Waals surface area contributed by atoms with Crippen LogP contribution < -0.4 is 0 Å². The first-order valence-electron chi connectivity index (χ1n) is 4.88. The third kappa shape index (κ3) is 3.75. The fourth-order valence-electron chi connectivity index (χ4n) is 1.36. The van der Waals surface area contributed by atoms with Crippen molar-refractivity contribution in [2.24, 2.45) is 0 Å². The first-order valence-corrected chi connectivity index (χ1v) is 5.75. The number of aliphatic carboxylic acids is 1. The van der Waals surface area contributed by atoms with Crippen LogP contribution in [0.4, 0.5) is 0 Å². The normalized spacial score (nSPS) is 13.8. The maximum absolute atomic E-state index is 10.6. The van der Waals surface area contributed by atoms with Crippen molar-refractivity contribution < 1.29 is 14.6 Å². The monoisotopic (exact) mass is 241 g/mol. The van der Waals surface area contributed by atoms with E-state index in [-0.39, 0.29) is 12.5 Å². The Morgan fingerprint density at radius 2 is 2.44 bits per heavy atom.